The molecule has 2 atom stereocenters. The topological polar surface area (TPSA) is 60.5 Å². The average molecular weight is 340 g/mol. The molecule has 1 aliphatic heterocycles. The van der Waals surface area contributed by atoms with Crippen LogP contribution in [0.5, 0.6) is 0 Å². The van der Waals surface area contributed by atoms with Gasteiger partial charge in [-0.05, 0) is 43.9 Å². The van der Waals surface area contributed by atoms with Crippen molar-refractivity contribution in [2.24, 2.45) is 0 Å². The smallest absolute Gasteiger partial charge is 0.254 e. The fourth-order valence-electron chi connectivity index (χ4n) is 2.84. The van der Waals surface area contributed by atoms with Crippen LogP contribution < -0.4 is 5.32 Å². The van der Waals surface area contributed by atoms with E-state index in [0.29, 0.717) is 12.4 Å². The van der Waals surface area contributed by atoms with Crippen molar-refractivity contribution in [1.29, 1.82) is 0 Å². The van der Waals surface area contributed by atoms with Crippen molar-refractivity contribution < 1.29 is 14.3 Å². The molecule has 1 aromatic heterocycles. The molecular formula is C20H24N2O3. The van der Waals surface area contributed by atoms with Gasteiger partial charge in [0.05, 0.1) is 12.7 Å². The van der Waals surface area contributed by atoms with E-state index >= 15 is 0 Å². The molecule has 0 radical (unpaired) electrons. The highest BCUT2D eigenvalue weighted by Crippen LogP contribution is 2.25. The van der Waals surface area contributed by atoms with E-state index < -0.39 is 6.10 Å². The SMILES string of the molecule is CC(OCC1CCCCO1)C(=O)Nc1ncccc1-c1ccccc1. The van der Waals surface area contributed by atoms with Gasteiger partial charge in [0.15, 0.2) is 0 Å². The van der Waals surface area contributed by atoms with E-state index in [9.17, 15) is 4.79 Å². The van der Waals surface area contributed by atoms with Crippen molar-refractivity contribution in [1.82, 2.24) is 4.98 Å². The highest BCUT2D eigenvalue weighted by molar-refractivity contribution is 5.96. The summed E-state index contributed by atoms with van der Waals surface area (Å²) >= 11 is 0. The molecule has 1 N–H and O–H groups in total. The molecule has 0 spiro atoms. The lowest BCUT2D eigenvalue weighted by atomic mass is 10.1. The van der Waals surface area contributed by atoms with Gasteiger partial charge >= 0.3 is 0 Å². The Morgan fingerprint density at radius 3 is 2.88 bits per heavy atom. The van der Waals surface area contributed by atoms with E-state index in [1.54, 1.807) is 13.1 Å². The summed E-state index contributed by atoms with van der Waals surface area (Å²) in [4.78, 5) is 16.8. The summed E-state index contributed by atoms with van der Waals surface area (Å²) < 4.78 is 11.3. The van der Waals surface area contributed by atoms with Gasteiger partial charge in [0.25, 0.3) is 5.91 Å². The maximum absolute atomic E-state index is 12.5. The number of amides is 1. The standard InChI is InChI=1S/C20H24N2O3/c1-15(25-14-17-10-5-6-13-24-17)20(23)22-19-18(11-7-12-21-19)16-8-3-2-4-9-16/h2-4,7-9,11-12,15,17H,5-6,10,13-14H2,1H3,(H,21,22,23). The molecule has 1 fully saturated rings. The van der Waals surface area contributed by atoms with Gasteiger partial charge in [-0.2, -0.15) is 0 Å². The van der Waals surface area contributed by atoms with E-state index in [1.807, 2.05) is 42.5 Å². The van der Waals surface area contributed by atoms with Crippen LogP contribution in [0.25, 0.3) is 11.1 Å². The van der Waals surface area contributed by atoms with Crippen molar-refractivity contribution in [2.45, 2.75) is 38.4 Å². The van der Waals surface area contributed by atoms with Crippen molar-refractivity contribution in [3.8, 4) is 11.1 Å². The predicted octanol–water partition coefficient (Wildman–Crippen LogP) is 3.66. The van der Waals surface area contributed by atoms with Crippen LogP contribution in [0, 0.1) is 0 Å². The Bertz CT molecular complexity index is 684. The van der Waals surface area contributed by atoms with Crippen LogP contribution in [0.2, 0.25) is 0 Å². The molecule has 2 unspecified atom stereocenters. The van der Waals surface area contributed by atoms with Gasteiger partial charge in [-0.25, -0.2) is 4.98 Å². The van der Waals surface area contributed by atoms with Crippen molar-refractivity contribution in [2.75, 3.05) is 18.5 Å². The second-order valence-corrected chi connectivity index (χ2v) is 6.22. The molecule has 2 aromatic rings. The lowest BCUT2D eigenvalue weighted by molar-refractivity contribution is -0.130. The number of carbonyl (C=O) groups is 1. The van der Waals surface area contributed by atoms with E-state index in [0.717, 1.165) is 37.0 Å². The second-order valence-electron chi connectivity index (χ2n) is 6.22. The van der Waals surface area contributed by atoms with E-state index in [2.05, 4.69) is 10.3 Å². The molecule has 132 valence electrons. The van der Waals surface area contributed by atoms with E-state index in [-0.39, 0.29) is 12.0 Å². The molecule has 25 heavy (non-hydrogen) atoms. The van der Waals surface area contributed by atoms with Crippen LogP contribution in [-0.4, -0.2) is 36.3 Å². The van der Waals surface area contributed by atoms with Crippen LogP contribution in [0.3, 0.4) is 0 Å². The maximum Gasteiger partial charge on any atom is 0.254 e. The largest absolute Gasteiger partial charge is 0.376 e. The molecule has 3 rings (SSSR count). The Morgan fingerprint density at radius 1 is 1.28 bits per heavy atom. The van der Waals surface area contributed by atoms with Crippen LogP contribution >= 0.6 is 0 Å². The Labute approximate surface area is 148 Å². The first-order valence-corrected chi connectivity index (χ1v) is 8.78. The number of anilines is 1. The Morgan fingerprint density at radius 2 is 2.12 bits per heavy atom. The highest BCUT2D eigenvalue weighted by Gasteiger charge is 2.20. The minimum Gasteiger partial charge on any atom is -0.376 e. The lowest BCUT2D eigenvalue weighted by Crippen LogP contribution is -2.33. The van der Waals surface area contributed by atoms with Gasteiger partial charge < -0.3 is 14.8 Å². The number of nitrogens with zero attached hydrogens (tertiary/aromatic N) is 1. The predicted molar refractivity (Wildman–Crippen MR) is 97.3 cm³/mol. The molecule has 2 heterocycles. The quantitative estimate of drug-likeness (QED) is 0.872. The van der Waals surface area contributed by atoms with Crippen molar-refractivity contribution >= 4 is 11.7 Å². The normalized spacial score (nSPS) is 18.5. The Hall–Kier alpha value is -2.24. The zero-order valence-electron chi connectivity index (χ0n) is 14.5. The number of ether oxygens (including phenoxy) is 2. The number of hydrogen-bond acceptors (Lipinski definition) is 4. The number of aromatic nitrogens is 1. The summed E-state index contributed by atoms with van der Waals surface area (Å²) in [5.74, 6) is 0.342. The molecule has 1 aromatic carbocycles. The number of hydrogen-bond donors (Lipinski definition) is 1. The average Bonchev–Trinajstić information content (AvgIpc) is 2.68. The van der Waals surface area contributed by atoms with Crippen molar-refractivity contribution in [3.05, 3.63) is 48.7 Å². The highest BCUT2D eigenvalue weighted by atomic mass is 16.5. The summed E-state index contributed by atoms with van der Waals surface area (Å²) in [5, 5.41) is 2.88. The molecule has 5 nitrogen and oxygen atoms in total. The third-order valence-electron chi connectivity index (χ3n) is 4.31. The van der Waals surface area contributed by atoms with E-state index in [1.165, 1.54) is 0 Å². The summed E-state index contributed by atoms with van der Waals surface area (Å²) in [6.07, 6.45) is 4.46. The first kappa shape index (κ1) is 17.6. The zero-order valence-corrected chi connectivity index (χ0v) is 14.5. The van der Waals surface area contributed by atoms with Crippen LogP contribution in [-0.2, 0) is 14.3 Å². The van der Waals surface area contributed by atoms with Gasteiger partial charge in [0.1, 0.15) is 11.9 Å². The van der Waals surface area contributed by atoms with Crippen LogP contribution in [0.15, 0.2) is 48.7 Å². The van der Waals surface area contributed by atoms with Crippen LogP contribution in [0.1, 0.15) is 26.2 Å². The number of pyridine rings is 1. The summed E-state index contributed by atoms with van der Waals surface area (Å²) in [5.41, 5.74) is 1.90. The lowest BCUT2D eigenvalue weighted by Gasteiger charge is -2.24. The maximum atomic E-state index is 12.5. The zero-order chi connectivity index (χ0) is 17.5. The number of rotatable bonds is 6. The molecule has 0 aliphatic carbocycles. The van der Waals surface area contributed by atoms with Crippen LogP contribution in [0.4, 0.5) is 5.82 Å². The van der Waals surface area contributed by atoms with Gasteiger partial charge in [-0.1, -0.05) is 30.3 Å². The molecule has 0 bridgehead atoms. The second kappa shape index (κ2) is 8.74. The Kier molecular flexibility index (Phi) is 6.14. The van der Waals surface area contributed by atoms with Crippen molar-refractivity contribution in [3.63, 3.8) is 0 Å². The van der Waals surface area contributed by atoms with Gasteiger partial charge in [-0.15, -0.1) is 0 Å². The molecular weight excluding hydrogens is 316 g/mol. The van der Waals surface area contributed by atoms with Gasteiger partial charge in [0, 0.05) is 18.4 Å². The third-order valence-corrected chi connectivity index (χ3v) is 4.31. The summed E-state index contributed by atoms with van der Waals surface area (Å²) in [6.45, 7) is 2.98. The molecule has 1 aliphatic rings. The fourth-order valence-corrected chi connectivity index (χ4v) is 2.84. The first-order valence-electron chi connectivity index (χ1n) is 8.78. The number of carbonyl (C=O) groups excluding carboxylic acids is 1. The number of nitrogens with one attached hydrogen (secondary N) is 1. The minimum absolute atomic E-state index is 0.0960. The van der Waals surface area contributed by atoms with Gasteiger partial charge in [-0.3, -0.25) is 4.79 Å². The molecule has 0 saturated carbocycles. The monoisotopic (exact) mass is 340 g/mol. The molecule has 1 amide bonds. The number of benzene rings is 1. The third kappa shape index (κ3) is 4.87. The molecule has 1 saturated heterocycles. The first-order chi connectivity index (χ1) is 12.2. The van der Waals surface area contributed by atoms with Gasteiger partial charge in [0.2, 0.25) is 0 Å². The Balaban J connectivity index is 1.61. The fraction of sp³-hybridized carbons (Fsp3) is 0.400. The molecule has 5 heteroatoms. The van der Waals surface area contributed by atoms with E-state index in [4.69, 9.17) is 9.47 Å². The summed E-state index contributed by atoms with van der Waals surface area (Å²) in [6, 6.07) is 13.7. The summed E-state index contributed by atoms with van der Waals surface area (Å²) in [7, 11) is 0. The minimum atomic E-state index is -0.559.